The number of ether oxygens (including phenoxy) is 2. The minimum atomic E-state index is -0.494. The van der Waals surface area contributed by atoms with Crippen molar-refractivity contribution in [1.82, 2.24) is 0 Å². The second-order valence-corrected chi connectivity index (χ2v) is 8.88. The van der Waals surface area contributed by atoms with Crippen molar-refractivity contribution in [3.63, 3.8) is 0 Å². The van der Waals surface area contributed by atoms with Crippen molar-refractivity contribution in [3.05, 3.63) is 11.6 Å². The average Bonchev–Trinajstić information content (AvgIpc) is 2.91. The third-order valence-electron chi connectivity index (χ3n) is 7.85. The highest BCUT2D eigenvalue weighted by Gasteiger charge is 2.57. The first-order chi connectivity index (χ1) is 12.0. The van der Waals surface area contributed by atoms with Crippen molar-refractivity contribution in [2.24, 2.45) is 29.1 Å². The summed E-state index contributed by atoms with van der Waals surface area (Å²) in [5.74, 6) is 2.88. The van der Waals surface area contributed by atoms with Crippen LogP contribution in [0.4, 0.5) is 4.79 Å². The van der Waals surface area contributed by atoms with Gasteiger partial charge >= 0.3 is 6.16 Å². The van der Waals surface area contributed by atoms with Gasteiger partial charge in [-0.05, 0) is 82.0 Å². The van der Waals surface area contributed by atoms with E-state index < -0.39 is 6.16 Å². The van der Waals surface area contributed by atoms with Gasteiger partial charge in [0.2, 0.25) is 0 Å². The Balaban J connectivity index is 1.50. The zero-order chi connectivity index (χ0) is 17.6. The number of carbonyl (C=O) groups is 1. The molecule has 4 heteroatoms. The summed E-state index contributed by atoms with van der Waals surface area (Å²) < 4.78 is 10.7. The molecule has 7 atom stereocenters. The Morgan fingerprint density at radius 2 is 2.04 bits per heavy atom. The lowest BCUT2D eigenvalue weighted by Crippen LogP contribution is -2.48. The SMILES string of the molecule is CCOC(=O)O[C@H]1CC[C@H]2[C@@H]3CCC4=C[C@@H](O)CCC4[C@H]3CC[C@]12C. The summed E-state index contributed by atoms with van der Waals surface area (Å²) in [4.78, 5) is 11.8. The molecule has 0 heterocycles. The molecule has 0 saturated heterocycles. The van der Waals surface area contributed by atoms with Crippen molar-refractivity contribution in [2.45, 2.75) is 77.4 Å². The predicted octanol–water partition coefficient (Wildman–Crippen LogP) is 4.46. The van der Waals surface area contributed by atoms with E-state index in [1.165, 1.54) is 24.8 Å². The Morgan fingerprint density at radius 1 is 1.20 bits per heavy atom. The minimum Gasteiger partial charge on any atom is -0.435 e. The van der Waals surface area contributed by atoms with Crippen molar-refractivity contribution in [1.29, 1.82) is 0 Å². The molecule has 0 aromatic heterocycles. The molecule has 4 aliphatic carbocycles. The molecule has 3 fully saturated rings. The molecule has 0 spiro atoms. The normalized spacial score (nSPS) is 45.6. The van der Waals surface area contributed by atoms with E-state index in [2.05, 4.69) is 13.0 Å². The van der Waals surface area contributed by atoms with E-state index in [4.69, 9.17) is 9.47 Å². The summed E-state index contributed by atoms with van der Waals surface area (Å²) >= 11 is 0. The van der Waals surface area contributed by atoms with Gasteiger partial charge in [0.25, 0.3) is 0 Å². The van der Waals surface area contributed by atoms with Gasteiger partial charge < -0.3 is 14.6 Å². The highest BCUT2D eigenvalue weighted by atomic mass is 16.7. The number of aliphatic hydroxyl groups excluding tert-OH is 1. The molecule has 0 aliphatic heterocycles. The fourth-order valence-electron chi connectivity index (χ4n) is 6.73. The molecule has 4 nitrogen and oxygen atoms in total. The van der Waals surface area contributed by atoms with E-state index in [1.54, 1.807) is 0 Å². The van der Waals surface area contributed by atoms with Crippen LogP contribution in [0.15, 0.2) is 11.6 Å². The standard InChI is InChI=1S/C21H32O4/c1-3-24-20(23)25-19-9-8-18-17-6-4-13-12-14(22)5-7-15(13)16(17)10-11-21(18,19)2/h12,14-19,22H,3-11H2,1-2H3/t14-,15?,16+,17+,18-,19-,21-/m0/s1. The van der Waals surface area contributed by atoms with Gasteiger partial charge in [0.05, 0.1) is 12.7 Å². The maximum Gasteiger partial charge on any atom is 0.508 e. The molecule has 0 radical (unpaired) electrons. The summed E-state index contributed by atoms with van der Waals surface area (Å²) in [7, 11) is 0. The molecule has 25 heavy (non-hydrogen) atoms. The zero-order valence-electron chi connectivity index (χ0n) is 15.6. The van der Waals surface area contributed by atoms with Gasteiger partial charge in [0.15, 0.2) is 0 Å². The largest absolute Gasteiger partial charge is 0.508 e. The van der Waals surface area contributed by atoms with E-state index in [-0.39, 0.29) is 17.6 Å². The van der Waals surface area contributed by atoms with E-state index in [0.29, 0.717) is 18.4 Å². The first-order valence-corrected chi connectivity index (χ1v) is 10.2. The van der Waals surface area contributed by atoms with Gasteiger partial charge in [-0.3, -0.25) is 0 Å². The van der Waals surface area contributed by atoms with Gasteiger partial charge in [-0.1, -0.05) is 18.6 Å². The van der Waals surface area contributed by atoms with Crippen LogP contribution in [0.3, 0.4) is 0 Å². The topological polar surface area (TPSA) is 55.8 Å². The predicted molar refractivity (Wildman–Crippen MR) is 95.0 cm³/mol. The molecule has 0 amide bonds. The summed E-state index contributed by atoms with van der Waals surface area (Å²) in [6.45, 7) is 4.54. The number of hydrogen-bond donors (Lipinski definition) is 1. The van der Waals surface area contributed by atoms with Gasteiger partial charge in [-0.2, -0.15) is 0 Å². The molecular weight excluding hydrogens is 316 g/mol. The Kier molecular flexibility index (Phi) is 4.59. The van der Waals surface area contributed by atoms with Crippen LogP contribution >= 0.6 is 0 Å². The maximum atomic E-state index is 11.8. The third kappa shape index (κ3) is 2.90. The monoisotopic (exact) mass is 348 g/mol. The molecule has 0 aromatic carbocycles. The third-order valence-corrected chi connectivity index (χ3v) is 7.85. The highest BCUT2D eigenvalue weighted by molar-refractivity contribution is 5.60. The molecule has 1 unspecified atom stereocenters. The lowest BCUT2D eigenvalue weighted by molar-refractivity contribution is -0.0730. The minimum absolute atomic E-state index is 0.0163. The number of carbonyl (C=O) groups excluding carboxylic acids is 1. The molecule has 0 bridgehead atoms. The van der Waals surface area contributed by atoms with Gasteiger partial charge in [0, 0.05) is 5.41 Å². The first-order valence-electron chi connectivity index (χ1n) is 10.2. The van der Waals surface area contributed by atoms with Crippen LogP contribution in [0.5, 0.6) is 0 Å². The summed E-state index contributed by atoms with van der Waals surface area (Å²) in [5.41, 5.74) is 1.64. The summed E-state index contributed by atoms with van der Waals surface area (Å²) in [6.07, 6.45) is 10.5. The highest BCUT2D eigenvalue weighted by Crippen LogP contribution is 2.62. The fourth-order valence-corrected chi connectivity index (χ4v) is 6.73. The Hall–Kier alpha value is -1.03. The van der Waals surface area contributed by atoms with E-state index in [1.807, 2.05) is 6.92 Å². The van der Waals surface area contributed by atoms with E-state index in [9.17, 15) is 9.90 Å². The molecular formula is C21H32O4. The van der Waals surface area contributed by atoms with E-state index >= 15 is 0 Å². The van der Waals surface area contributed by atoms with Crippen LogP contribution in [0.2, 0.25) is 0 Å². The molecule has 1 N–H and O–H groups in total. The number of fused-ring (bicyclic) bond motifs is 5. The van der Waals surface area contributed by atoms with Crippen LogP contribution in [-0.4, -0.2) is 30.1 Å². The average molecular weight is 348 g/mol. The van der Waals surface area contributed by atoms with Crippen LogP contribution < -0.4 is 0 Å². The van der Waals surface area contributed by atoms with Gasteiger partial charge in [-0.25, -0.2) is 4.79 Å². The Morgan fingerprint density at radius 3 is 2.84 bits per heavy atom. The zero-order valence-corrected chi connectivity index (χ0v) is 15.6. The van der Waals surface area contributed by atoms with Crippen molar-refractivity contribution in [2.75, 3.05) is 6.61 Å². The first kappa shape index (κ1) is 17.4. The molecule has 4 aliphatic rings. The van der Waals surface area contributed by atoms with Gasteiger partial charge in [-0.15, -0.1) is 0 Å². The van der Waals surface area contributed by atoms with Crippen LogP contribution in [-0.2, 0) is 9.47 Å². The number of allylic oxidation sites excluding steroid dienone is 1. The smallest absolute Gasteiger partial charge is 0.435 e. The van der Waals surface area contributed by atoms with E-state index in [0.717, 1.165) is 43.9 Å². The molecule has 140 valence electrons. The number of hydrogen-bond acceptors (Lipinski definition) is 4. The second kappa shape index (κ2) is 6.61. The fraction of sp³-hybridized carbons (Fsp3) is 0.857. The van der Waals surface area contributed by atoms with Crippen LogP contribution in [0, 0.1) is 29.1 Å². The number of rotatable bonds is 2. The summed E-state index contributed by atoms with van der Waals surface area (Å²) in [5, 5.41) is 9.96. The van der Waals surface area contributed by atoms with Crippen LogP contribution in [0.1, 0.15) is 65.2 Å². The summed E-state index contributed by atoms with van der Waals surface area (Å²) in [6, 6.07) is 0. The number of aliphatic hydroxyl groups is 1. The van der Waals surface area contributed by atoms with Crippen molar-refractivity contribution in [3.8, 4) is 0 Å². The molecule has 3 saturated carbocycles. The lowest BCUT2D eigenvalue weighted by atomic mass is 9.52. The van der Waals surface area contributed by atoms with Gasteiger partial charge in [0.1, 0.15) is 6.10 Å². The quantitative estimate of drug-likeness (QED) is 0.591. The molecule has 4 rings (SSSR count). The Bertz CT molecular complexity index is 556. The molecule has 0 aromatic rings. The van der Waals surface area contributed by atoms with Crippen LogP contribution in [0.25, 0.3) is 0 Å². The second-order valence-electron chi connectivity index (χ2n) is 8.88. The Labute approximate surface area is 151 Å². The maximum absolute atomic E-state index is 11.8. The lowest BCUT2D eigenvalue weighted by Gasteiger charge is -2.53. The van der Waals surface area contributed by atoms with Crippen molar-refractivity contribution >= 4 is 6.16 Å². The van der Waals surface area contributed by atoms with Crippen molar-refractivity contribution < 1.29 is 19.4 Å².